The van der Waals surface area contributed by atoms with Gasteiger partial charge in [0.1, 0.15) is 0 Å². The van der Waals surface area contributed by atoms with E-state index in [1.807, 2.05) is 39.0 Å². The summed E-state index contributed by atoms with van der Waals surface area (Å²) in [5.74, 6) is -6.07. The number of carbonyl (C=O) groups excluding carboxylic acids is 2. The van der Waals surface area contributed by atoms with Gasteiger partial charge in [-0.2, -0.15) is 0 Å². The summed E-state index contributed by atoms with van der Waals surface area (Å²) in [6.07, 6.45) is 0. The number of hydrogen-bond acceptors (Lipinski definition) is 2. The van der Waals surface area contributed by atoms with E-state index in [4.69, 9.17) is 0 Å². The van der Waals surface area contributed by atoms with Crippen molar-refractivity contribution < 1.29 is 22.8 Å². The second-order valence-electron chi connectivity index (χ2n) is 6.15. The van der Waals surface area contributed by atoms with Crippen LogP contribution in [0.25, 0.3) is 0 Å². The number of nitrogens with one attached hydrogen (secondary N) is 2. The number of para-hydroxylation sites is 1. The zero-order valence-electron chi connectivity index (χ0n) is 14.6. The van der Waals surface area contributed by atoms with E-state index in [2.05, 4.69) is 10.6 Å². The molecule has 0 aliphatic heterocycles. The number of halogens is 3. The average Bonchev–Trinajstić information content (AvgIpc) is 2.59. The molecule has 0 saturated heterocycles. The van der Waals surface area contributed by atoms with Crippen LogP contribution < -0.4 is 10.6 Å². The molecule has 0 spiro atoms. The number of carbonyl (C=O) groups is 2. The van der Waals surface area contributed by atoms with Crippen molar-refractivity contribution in [3.05, 3.63) is 64.5 Å². The smallest absolute Gasteiger partial charge is 0.254 e. The molecular formula is C19H19F3N2O2. The number of anilines is 1. The molecule has 26 heavy (non-hydrogen) atoms. The van der Waals surface area contributed by atoms with E-state index < -0.39 is 41.4 Å². The lowest BCUT2D eigenvalue weighted by Crippen LogP contribution is -2.33. The van der Waals surface area contributed by atoms with Crippen LogP contribution in [-0.4, -0.2) is 18.4 Å². The minimum Gasteiger partial charge on any atom is -0.343 e. The zero-order chi connectivity index (χ0) is 19.4. The molecule has 2 aromatic carbocycles. The highest BCUT2D eigenvalue weighted by Crippen LogP contribution is 2.27. The van der Waals surface area contributed by atoms with E-state index in [9.17, 15) is 22.8 Å². The Bertz CT molecular complexity index is 851. The van der Waals surface area contributed by atoms with Gasteiger partial charge in [-0.05, 0) is 36.1 Å². The van der Waals surface area contributed by atoms with Crippen molar-refractivity contribution in [1.29, 1.82) is 0 Å². The standard InChI is InChI=1S/C19H19F3N2O2/c1-10(2)12-6-4-5-11(3)18(12)24-15(25)9-23-19(26)13-7-8-14(20)17(22)16(13)21/h4-8,10H,9H2,1-3H3,(H,23,26)(H,24,25). The fraction of sp³-hybridized carbons (Fsp3) is 0.263. The van der Waals surface area contributed by atoms with Crippen LogP contribution in [0.1, 0.15) is 41.3 Å². The molecular weight excluding hydrogens is 345 g/mol. The second-order valence-corrected chi connectivity index (χ2v) is 6.15. The van der Waals surface area contributed by atoms with Crippen LogP contribution >= 0.6 is 0 Å². The van der Waals surface area contributed by atoms with Gasteiger partial charge >= 0.3 is 0 Å². The lowest BCUT2D eigenvalue weighted by atomic mass is 9.98. The highest BCUT2D eigenvalue weighted by molar-refractivity contribution is 6.00. The minimum absolute atomic E-state index is 0.177. The molecule has 0 radical (unpaired) electrons. The Morgan fingerprint density at radius 1 is 1.04 bits per heavy atom. The van der Waals surface area contributed by atoms with Gasteiger partial charge in [0.15, 0.2) is 17.5 Å². The Morgan fingerprint density at radius 2 is 1.73 bits per heavy atom. The van der Waals surface area contributed by atoms with Gasteiger partial charge in [-0.25, -0.2) is 13.2 Å². The number of benzene rings is 2. The van der Waals surface area contributed by atoms with Crippen LogP contribution in [0.5, 0.6) is 0 Å². The van der Waals surface area contributed by atoms with Gasteiger partial charge in [-0.15, -0.1) is 0 Å². The molecule has 0 heterocycles. The van der Waals surface area contributed by atoms with Gasteiger partial charge in [0, 0.05) is 5.69 Å². The Balaban J connectivity index is 2.06. The van der Waals surface area contributed by atoms with Gasteiger partial charge in [-0.1, -0.05) is 32.0 Å². The van der Waals surface area contributed by atoms with Crippen LogP contribution in [0, 0.1) is 24.4 Å². The van der Waals surface area contributed by atoms with Crippen molar-refractivity contribution in [2.45, 2.75) is 26.7 Å². The first kappa shape index (κ1) is 19.5. The summed E-state index contributed by atoms with van der Waals surface area (Å²) in [4.78, 5) is 24.0. The molecule has 2 rings (SSSR count). The summed E-state index contributed by atoms with van der Waals surface area (Å²) in [6, 6.07) is 7.09. The molecule has 0 fully saturated rings. The van der Waals surface area contributed by atoms with Crippen LogP contribution in [0.2, 0.25) is 0 Å². The molecule has 0 aliphatic carbocycles. The monoisotopic (exact) mass is 364 g/mol. The Hall–Kier alpha value is -2.83. The van der Waals surface area contributed by atoms with Gasteiger partial charge < -0.3 is 10.6 Å². The summed E-state index contributed by atoms with van der Waals surface area (Å²) in [7, 11) is 0. The van der Waals surface area contributed by atoms with E-state index >= 15 is 0 Å². The SMILES string of the molecule is Cc1cccc(C(C)C)c1NC(=O)CNC(=O)c1ccc(F)c(F)c1F. The van der Waals surface area contributed by atoms with Gasteiger partial charge in [0.25, 0.3) is 5.91 Å². The highest BCUT2D eigenvalue weighted by atomic mass is 19.2. The first-order valence-corrected chi connectivity index (χ1v) is 8.03. The maximum atomic E-state index is 13.6. The molecule has 4 nitrogen and oxygen atoms in total. The largest absolute Gasteiger partial charge is 0.343 e. The second kappa shape index (κ2) is 8.03. The van der Waals surface area contributed by atoms with Crippen molar-refractivity contribution in [3.63, 3.8) is 0 Å². The molecule has 0 atom stereocenters. The number of amides is 2. The Kier molecular flexibility index (Phi) is 6.02. The quantitative estimate of drug-likeness (QED) is 0.791. The molecule has 0 unspecified atom stereocenters. The van der Waals surface area contributed by atoms with Crippen molar-refractivity contribution in [1.82, 2.24) is 5.32 Å². The Morgan fingerprint density at radius 3 is 2.38 bits per heavy atom. The van der Waals surface area contributed by atoms with E-state index in [0.717, 1.165) is 17.2 Å². The molecule has 0 aliphatic rings. The molecule has 0 bridgehead atoms. The maximum Gasteiger partial charge on any atom is 0.254 e. The molecule has 0 saturated carbocycles. The predicted octanol–water partition coefficient (Wildman–Crippen LogP) is 3.90. The van der Waals surface area contributed by atoms with Crippen molar-refractivity contribution in [2.75, 3.05) is 11.9 Å². The lowest BCUT2D eigenvalue weighted by Gasteiger charge is -2.16. The van der Waals surface area contributed by atoms with Crippen molar-refractivity contribution in [2.24, 2.45) is 0 Å². The zero-order valence-corrected chi connectivity index (χ0v) is 14.6. The molecule has 0 aromatic heterocycles. The number of rotatable bonds is 5. The summed E-state index contributed by atoms with van der Waals surface area (Å²) in [5, 5.41) is 4.92. The molecule has 138 valence electrons. The summed E-state index contributed by atoms with van der Waals surface area (Å²) in [5.41, 5.74) is 1.79. The summed E-state index contributed by atoms with van der Waals surface area (Å²) >= 11 is 0. The molecule has 2 aromatic rings. The third-order valence-electron chi connectivity index (χ3n) is 3.88. The van der Waals surface area contributed by atoms with E-state index in [0.29, 0.717) is 11.8 Å². The fourth-order valence-electron chi connectivity index (χ4n) is 2.48. The lowest BCUT2D eigenvalue weighted by molar-refractivity contribution is -0.115. The number of aryl methyl sites for hydroxylation is 1. The van der Waals surface area contributed by atoms with Crippen LogP contribution in [0.3, 0.4) is 0 Å². The normalized spacial score (nSPS) is 10.7. The third-order valence-corrected chi connectivity index (χ3v) is 3.88. The van der Waals surface area contributed by atoms with E-state index in [-0.39, 0.29) is 5.92 Å². The van der Waals surface area contributed by atoms with E-state index in [1.54, 1.807) is 0 Å². The highest BCUT2D eigenvalue weighted by Gasteiger charge is 2.19. The number of hydrogen-bond donors (Lipinski definition) is 2. The van der Waals surface area contributed by atoms with Gasteiger partial charge in [0.05, 0.1) is 12.1 Å². The van der Waals surface area contributed by atoms with Crippen molar-refractivity contribution in [3.8, 4) is 0 Å². The fourth-order valence-corrected chi connectivity index (χ4v) is 2.48. The third kappa shape index (κ3) is 4.22. The summed E-state index contributed by atoms with van der Waals surface area (Å²) in [6.45, 7) is 5.37. The van der Waals surface area contributed by atoms with Gasteiger partial charge in [0.2, 0.25) is 5.91 Å². The Labute approximate surface area is 149 Å². The van der Waals surface area contributed by atoms with Crippen LogP contribution in [-0.2, 0) is 4.79 Å². The van der Waals surface area contributed by atoms with Crippen LogP contribution in [0.4, 0.5) is 18.9 Å². The maximum absolute atomic E-state index is 13.6. The predicted molar refractivity (Wildman–Crippen MR) is 92.5 cm³/mol. The van der Waals surface area contributed by atoms with Crippen LogP contribution in [0.15, 0.2) is 30.3 Å². The minimum atomic E-state index is -1.73. The average molecular weight is 364 g/mol. The van der Waals surface area contributed by atoms with Gasteiger partial charge in [-0.3, -0.25) is 9.59 Å². The summed E-state index contributed by atoms with van der Waals surface area (Å²) < 4.78 is 39.7. The first-order chi connectivity index (χ1) is 12.2. The van der Waals surface area contributed by atoms with Crippen molar-refractivity contribution >= 4 is 17.5 Å². The molecule has 7 heteroatoms. The van der Waals surface area contributed by atoms with E-state index in [1.165, 1.54) is 0 Å². The topological polar surface area (TPSA) is 58.2 Å². The first-order valence-electron chi connectivity index (χ1n) is 8.03. The molecule has 2 amide bonds. The molecule has 2 N–H and O–H groups in total.